The first-order valence-electron chi connectivity index (χ1n) is 10.6. The fraction of sp³-hybridized carbons (Fsp3) is 0.240. The minimum Gasteiger partial charge on any atom is -0.477 e. The highest BCUT2D eigenvalue weighted by Crippen LogP contribution is 2.24. The molecule has 0 fully saturated rings. The molecule has 1 N–H and O–H groups in total. The Morgan fingerprint density at radius 1 is 1.09 bits per heavy atom. The van der Waals surface area contributed by atoms with Crippen molar-refractivity contribution in [2.45, 2.75) is 33.4 Å². The van der Waals surface area contributed by atoms with Gasteiger partial charge in [0.25, 0.3) is 0 Å². The second kappa shape index (κ2) is 8.97. The highest BCUT2D eigenvalue weighted by atomic mass is 19.1. The predicted molar refractivity (Wildman–Crippen MR) is 121 cm³/mol. The van der Waals surface area contributed by atoms with Crippen molar-refractivity contribution in [3.63, 3.8) is 0 Å². The molecular weight excluding hydrogens is 428 g/mol. The van der Waals surface area contributed by atoms with Crippen LogP contribution < -0.4 is 5.43 Å². The van der Waals surface area contributed by atoms with Crippen molar-refractivity contribution < 1.29 is 18.7 Å². The van der Waals surface area contributed by atoms with E-state index in [2.05, 4.69) is 18.9 Å². The molecule has 0 saturated heterocycles. The third kappa shape index (κ3) is 4.55. The average molecular weight is 451 g/mol. The molecule has 0 bridgehead atoms. The second-order valence-electron chi connectivity index (χ2n) is 8.42. The maximum absolute atomic E-state index is 15.0. The van der Waals surface area contributed by atoms with E-state index in [1.165, 1.54) is 28.8 Å². The molecule has 0 spiro atoms. The van der Waals surface area contributed by atoms with Gasteiger partial charge in [-0.3, -0.25) is 9.48 Å². The van der Waals surface area contributed by atoms with Crippen molar-refractivity contribution in [3.05, 3.63) is 88.0 Å². The third-order valence-corrected chi connectivity index (χ3v) is 5.57. The molecule has 0 unspecified atom stereocenters. The molecule has 2 heterocycles. The summed E-state index contributed by atoms with van der Waals surface area (Å²) >= 11 is 0. The summed E-state index contributed by atoms with van der Waals surface area (Å²) in [5.74, 6) is -2.09. The number of hydrogen-bond acceptors (Lipinski definition) is 3. The zero-order chi connectivity index (χ0) is 23.7. The topological polar surface area (TPSA) is 77.1 Å². The Bertz CT molecular complexity index is 1410. The van der Waals surface area contributed by atoms with Crippen LogP contribution in [0.2, 0.25) is 0 Å². The molecule has 6 nitrogen and oxygen atoms in total. The van der Waals surface area contributed by atoms with E-state index in [0.29, 0.717) is 11.5 Å². The second-order valence-corrected chi connectivity index (χ2v) is 8.42. The minimum absolute atomic E-state index is 0.0672. The lowest BCUT2D eigenvalue weighted by Crippen LogP contribution is -2.20. The smallest absolute Gasteiger partial charge is 0.341 e. The number of halogens is 2. The van der Waals surface area contributed by atoms with Crippen LogP contribution in [0.1, 0.15) is 36.2 Å². The van der Waals surface area contributed by atoms with Crippen LogP contribution in [0.15, 0.2) is 59.8 Å². The monoisotopic (exact) mass is 451 g/mol. The molecule has 4 aromatic rings. The number of pyridine rings is 1. The molecule has 0 aliphatic heterocycles. The molecule has 2 aromatic carbocycles. The molecule has 4 rings (SSSR count). The maximum Gasteiger partial charge on any atom is 0.341 e. The van der Waals surface area contributed by atoms with Gasteiger partial charge in [0.2, 0.25) is 5.43 Å². The van der Waals surface area contributed by atoms with E-state index >= 15 is 4.39 Å². The number of rotatable bonds is 7. The summed E-state index contributed by atoms with van der Waals surface area (Å²) in [7, 11) is 0. The highest BCUT2D eigenvalue weighted by molar-refractivity contribution is 5.92. The maximum atomic E-state index is 15.0. The SMILES string of the molecule is CC(C)CCn1cc(-c2ccc(Cn3cc(C(=O)O)c(=O)c4cccc(F)c43)c(F)c2)cn1. The molecule has 33 heavy (non-hydrogen) atoms. The predicted octanol–water partition coefficient (Wildman–Crippen LogP) is 4.94. The van der Waals surface area contributed by atoms with Gasteiger partial charge in [0.15, 0.2) is 0 Å². The standard InChI is InChI=1S/C25H23F2N3O3/c1-15(2)8-9-30-13-18(11-28-30)16-6-7-17(22(27)10-16)12-29-14-20(25(32)33)24(31)19-4-3-5-21(26)23(19)29/h3-7,10-11,13-15H,8-9,12H2,1-2H3,(H,32,33). The van der Waals surface area contributed by atoms with Crippen LogP contribution in [0.4, 0.5) is 8.78 Å². The Labute approximate surface area is 188 Å². The van der Waals surface area contributed by atoms with Gasteiger partial charge in [-0.25, -0.2) is 13.6 Å². The summed E-state index contributed by atoms with van der Waals surface area (Å²) in [5, 5.41) is 13.6. The number of aryl methyl sites for hydroxylation is 1. The number of hydrogen-bond donors (Lipinski definition) is 1. The van der Waals surface area contributed by atoms with Crippen molar-refractivity contribution in [1.82, 2.24) is 14.3 Å². The van der Waals surface area contributed by atoms with E-state index in [9.17, 15) is 19.1 Å². The van der Waals surface area contributed by atoms with Gasteiger partial charge in [-0.2, -0.15) is 5.10 Å². The summed E-state index contributed by atoms with van der Waals surface area (Å²) in [5.41, 5.74) is 0.307. The van der Waals surface area contributed by atoms with Crippen LogP contribution in [-0.2, 0) is 13.1 Å². The van der Waals surface area contributed by atoms with Crippen molar-refractivity contribution in [2.75, 3.05) is 0 Å². The summed E-state index contributed by atoms with van der Waals surface area (Å²) in [6.45, 7) is 4.90. The minimum atomic E-state index is -1.43. The lowest BCUT2D eigenvalue weighted by atomic mass is 10.1. The molecule has 2 aromatic heterocycles. The molecule has 0 aliphatic rings. The fourth-order valence-electron chi connectivity index (χ4n) is 3.76. The van der Waals surface area contributed by atoms with Gasteiger partial charge in [-0.05, 0) is 36.1 Å². The Kier molecular flexibility index (Phi) is 6.09. The van der Waals surface area contributed by atoms with Crippen LogP contribution in [0.3, 0.4) is 0 Å². The first-order chi connectivity index (χ1) is 15.7. The number of fused-ring (bicyclic) bond motifs is 1. The summed E-state index contributed by atoms with van der Waals surface area (Å²) < 4.78 is 32.6. The van der Waals surface area contributed by atoms with E-state index in [1.807, 2.05) is 10.9 Å². The molecule has 170 valence electrons. The van der Waals surface area contributed by atoms with Gasteiger partial charge in [-0.15, -0.1) is 0 Å². The summed E-state index contributed by atoms with van der Waals surface area (Å²) in [6.07, 6.45) is 5.58. The molecule has 0 radical (unpaired) electrons. The van der Waals surface area contributed by atoms with Crippen LogP contribution in [0, 0.1) is 17.6 Å². The van der Waals surface area contributed by atoms with E-state index in [-0.39, 0.29) is 23.0 Å². The van der Waals surface area contributed by atoms with Gasteiger partial charge in [0.1, 0.15) is 17.2 Å². The van der Waals surface area contributed by atoms with Gasteiger partial charge in [-0.1, -0.05) is 32.0 Å². The van der Waals surface area contributed by atoms with Gasteiger partial charge < -0.3 is 9.67 Å². The molecular formula is C25H23F2N3O3. The number of benzene rings is 2. The molecule has 0 amide bonds. The zero-order valence-corrected chi connectivity index (χ0v) is 18.3. The van der Waals surface area contributed by atoms with Crippen LogP contribution >= 0.6 is 0 Å². The number of aromatic carboxylic acids is 1. The first kappa shape index (κ1) is 22.4. The van der Waals surface area contributed by atoms with Crippen LogP contribution in [0.25, 0.3) is 22.0 Å². The van der Waals surface area contributed by atoms with E-state index < -0.39 is 28.6 Å². The lowest BCUT2D eigenvalue weighted by Gasteiger charge is -2.14. The Balaban J connectivity index is 1.69. The molecule has 8 heteroatoms. The number of nitrogens with zero attached hydrogens (tertiary/aromatic N) is 3. The highest BCUT2D eigenvalue weighted by Gasteiger charge is 2.18. The van der Waals surface area contributed by atoms with Crippen molar-refractivity contribution >= 4 is 16.9 Å². The first-order valence-corrected chi connectivity index (χ1v) is 10.6. The number of para-hydroxylation sites is 1. The number of carboxylic acids is 1. The van der Waals surface area contributed by atoms with Crippen LogP contribution in [0.5, 0.6) is 0 Å². The Hall–Kier alpha value is -3.81. The number of carbonyl (C=O) groups is 1. The van der Waals surface area contributed by atoms with Crippen molar-refractivity contribution in [3.8, 4) is 11.1 Å². The van der Waals surface area contributed by atoms with E-state index in [4.69, 9.17) is 0 Å². The third-order valence-electron chi connectivity index (χ3n) is 5.57. The van der Waals surface area contributed by atoms with E-state index in [1.54, 1.807) is 18.3 Å². The molecule has 0 atom stereocenters. The fourth-order valence-corrected chi connectivity index (χ4v) is 3.76. The van der Waals surface area contributed by atoms with Crippen molar-refractivity contribution in [1.29, 1.82) is 0 Å². The average Bonchev–Trinajstić information content (AvgIpc) is 3.24. The lowest BCUT2D eigenvalue weighted by molar-refractivity contribution is 0.0695. The molecule has 0 aliphatic carbocycles. The van der Waals surface area contributed by atoms with E-state index in [0.717, 1.165) is 24.7 Å². The molecule has 0 saturated carbocycles. The Morgan fingerprint density at radius 2 is 1.88 bits per heavy atom. The van der Waals surface area contributed by atoms with Gasteiger partial charge >= 0.3 is 5.97 Å². The normalized spacial score (nSPS) is 11.4. The van der Waals surface area contributed by atoms with Gasteiger partial charge in [0, 0.05) is 35.5 Å². The quantitative estimate of drug-likeness (QED) is 0.432. The zero-order valence-electron chi connectivity index (χ0n) is 18.3. The number of carboxylic acid groups (broad SMARTS) is 1. The number of aromatic nitrogens is 3. The van der Waals surface area contributed by atoms with Gasteiger partial charge in [0.05, 0.1) is 18.3 Å². The Morgan fingerprint density at radius 3 is 2.58 bits per heavy atom. The summed E-state index contributed by atoms with van der Waals surface area (Å²) in [4.78, 5) is 24.0. The largest absolute Gasteiger partial charge is 0.477 e. The van der Waals surface area contributed by atoms with Crippen LogP contribution in [-0.4, -0.2) is 25.4 Å². The summed E-state index contributed by atoms with van der Waals surface area (Å²) in [6, 6.07) is 8.56. The van der Waals surface area contributed by atoms with Crippen molar-refractivity contribution in [2.24, 2.45) is 5.92 Å².